The molecule has 0 unspecified atom stereocenters. The largest absolute Gasteiger partial charge is 0.337 e. The fourth-order valence-corrected chi connectivity index (χ4v) is 4.64. The van der Waals surface area contributed by atoms with Crippen molar-refractivity contribution < 1.29 is 0 Å². The normalized spacial score (nSPS) is 11.8. The minimum absolute atomic E-state index is 0.0569. The molecule has 5 aromatic rings. The number of hydrogen-bond donors (Lipinski definition) is 0. The van der Waals surface area contributed by atoms with Crippen LogP contribution in [0.3, 0.4) is 0 Å². The number of hydrogen-bond acceptors (Lipinski definition) is 3. The summed E-state index contributed by atoms with van der Waals surface area (Å²) in [5, 5.41) is 0.565. The zero-order valence-corrected chi connectivity index (χ0v) is 21.9. The molecule has 37 heavy (non-hydrogen) atoms. The topological polar surface area (TPSA) is 61.8 Å². The smallest absolute Gasteiger partial charge is 0.320 e. The lowest BCUT2D eigenvalue weighted by Gasteiger charge is -2.19. The van der Waals surface area contributed by atoms with Crippen LogP contribution in [-0.2, 0) is 24.9 Å². The van der Waals surface area contributed by atoms with Gasteiger partial charge in [0, 0.05) is 18.1 Å². The first-order valence-electron chi connectivity index (χ1n) is 12.3. The maximum absolute atomic E-state index is 13.7. The zero-order chi connectivity index (χ0) is 26.2. The van der Waals surface area contributed by atoms with Crippen LogP contribution in [0.15, 0.2) is 94.8 Å². The van der Waals surface area contributed by atoms with Gasteiger partial charge in [-0.2, -0.15) is 0 Å². The summed E-state index contributed by atoms with van der Waals surface area (Å²) in [6.07, 6.45) is 2.20. The van der Waals surface area contributed by atoms with E-state index in [-0.39, 0.29) is 17.5 Å². The Morgan fingerprint density at radius 1 is 0.838 bits per heavy atom. The Labute approximate surface area is 220 Å². The molecule has 6 nitrogen and oxygen atoms in total. The molecular weight excluding hydrogens is 484 g/mol. The van der Waals surface area contributed by atoms with E-state index in [4.69, 9.17) is 11.6 Å². The molecule has 2 heterocycles. The predicted octanol–water partition coefficient (Wildman–Crippen LogP) is 5.59. The highest BCUT2D eigenvalue weighted by molar-refractivity contribution is 6.30. The Balaban J connectivity index is 1.63. The third-order valence-corrected chi connectivity index (χ3v) is 6.88. The van der Waals surface area contributed by atoms with Crippen molar-refractivity contribution >= 4 is 22.8 Å². The summed E-state index contributed by atoms with van der Waals surface area (Å²) in [4.78, 5) is 31.9. The number of benzene rings is 3. The second-order valence-electron chi connectivity index (χ2n) is 10.3. The molecule has 188 valence electrons. The molecule has 0 saturated heterocycles. The van der Waals surface area contributed by atoms with Crippen LogP contribution in [-0.4, -0.2) is 18.7 Å². The summed E-state index contributed by atoms with van der Waals surface area (Å²) in [6, 6.07) is 25.2. The number of rotatable bonds is 6. The van der Waals surface area contributed by atoms with Gasteiger partial charge in [-0.3, -0.25) is 9.36 Å². The van der Waals surface area contributed by atoms with Gasteiger partial charge < -0.3 is 4.57 Å². The second kappa shape index (κ2) is 9.87. The predicted molar refractivity (Wildman–Crippen MR) is 149 cm³/mol. The highest BCUT2D eigenvalue weighted by atomic mass is 35.5. The van der Waals surface area contributed by atoms with Crippen molar-refractivity contribution in [2.24, 2.45) is 0 Å². The van der Waals surface area contributed by atoms with E-state index in [1.165, 1.54) is 14.7 Å². The molecule has 0 bridgehead atoms. The maximum Gasteiger partial charge on any atom is 0.337 e. The number of aromatic nitrogens is 4. The van der Waals surface area contributed by atoms with Gasteiger partial charge >= 0.3 is 5.69 Å². The molecule has 0 fully saturated rings. The van der Waals surface area contributed by atoms with Gasteiger partial charge in [0.25, 0.3) is 5.56 Å². The van der Waals surface area contributed by atoms with Crippen molar-refractivity contribution in [2.45, 2.75) is 45.7 Å². The summed E-state index contributed by atoms with van der Waals surface area (Å²) in [5.74, 6) is 0. The van der Waals surface area contributed by atoms with Crippen LogP contribution < -0.4 is 11.2 Å². The fourth-order valence-electron chi connectivity index (χ4n) is 4.51. The van der Waals surface area contributed by atoms with Gasteiger partial charge in [-0.05, 0) is 52.8 Å². The van der Waals surface area contributed by atoms with Gasteiger partial charge in [-0.25, -0.2) is 14.3 Å². The average molecular weight is 513 g/mol. The molecule has 0 saturated carbocycles. The van der Waals surface area contributed by atoms with Crippen LogP contribution in [0.1, 0.15) is 37.5 Å². The number of imidazole rings is 1. The van der Waals surface area contributed by atoms with Crippen LogP contribution in [0.25, 0.3) is 16.9 Å². The molecule has 0 atom stereocenters. The Bertz CT molecular complexity index is 1660. The van der Waals surface area contributed by atoms with Crippen LogP contribution in [0.5, 0.6) is 0 Å². The van der Waals surface area contributed by atoms with Gasteiger partial charge in [-0.1, -0.05) is 87.0 Å². The summed E-state index contributed by atoms with van der Waals surface area (Å²) in [5.41, 5.74) is 3.97. The van der Waals surface area contributed by atoms with Crippen molar-refractivity contribution in [3.05, 3.63) is 128 Å². The molecular formula is C30H29ClN4O2. The number of fused-ring (bicyclic) bond motifs is 1. The SMILES string of the molecule is CC(C)(C)c1ccc(Cn2cnc3c2c(=O)n(CCc2ccccc2)c(=O)n3-c2ccc(Cl)cc2)cc1. The van der Waals surface area contributed by atoms with E-state index in [9.17, 15) is 9.59 Å². The van der Waals surface area contributed by atoms with Crippen molar-refractivity contribution in [3.63, 3.8) is 0 Å². The number of aryl methyl sites for hydroxylation is 1. The fraction of sp³-hybridized carbons (Fsp3) is 0.233. The third kappa shape index (κ3) is 5.02. The molecule has 0 aliphatic carbocycles. The van der Waals surface area contributed by atoms with Gasteiger partial charge in [0.05, 0.1) is 12.0 Å². The molecule has 5 rings (SSSR count). The summed E-state index contributed by atoms with van der Waals surface area (Å²) in [6.45, 7) is 7.27. The molecule has 0 aliphatic heterocycles. The van der Waals surface area contributed by atoms with E-state index < -0.39 is 5.69 Å². The zero-order valence-electron chi connectivity index (χ0n) is 21.2. The second-order valence-corrected chi connectivity index (χ2v) is 10.7. The summed E-state index contributed by atoms with van der Waals surface area (Å²) >= 11 is 6.10. The minimum Gasteiger partial charge on any atom is -0.320 e. The molecule has 0 aliphatic rings. The lowest BCUT2D eigenvalue weighted by molar-refractivity contribution is 0.589. The Kier molecular flexibility index (Phi) is 6.61. The van der Waals surface area contributed by atoms with Gasteiger partial charge in [0.1, 0.15) is 0 Å². The molecule has 0 radical (unpaired) electrons. The Hall–Kier alpha value is -3.90. The monoisotopic (exact) mass is 512 g/mol. The number of nitrogens with zero attached hydrogens (tertiary/aromatic N) is 4. The number of halogens is 1. The molecule has 0 spiro atoms. The molecule has 3 aromatic carbocycles. The van der Waals surface area contributed by atoms with E-state index in [1.807, 2.05) is 34.9 Å². The first kappa shape index (κ1) is 24.8. The van der Waals surface area contributed by atoms with E-state index in [2.05, 4.69) is 50.0 Å². The molecule has 2 aromatic heterocycles. The summed E-state index contributed by atoms with van der Waals surface area (Å²) in [7, 11) is 0. The third-order valence-electron chi connectivity index (χ3n) is 6.62. The van der Waals surface area contributed by atoms with Gasteiger partial charge in [-0.15, -0.1) is 0 Å². The van der Waals surface area contributed by atoms with Crippen molar-refractivity contribution in [1.29, 1.82) is 0 Å². The highest BCUT2D eigenvalue weighted by Gasteiger charge is 2.20. The Morgan fingerprint density at radius 3 is 2.16 bits per heavy atom. The molecule has 7 heteroatoms. The maximum atomic E-state index is 13.7. The van der Waals surface area contributed by atoms with E-state index in [0.29, 0.717) is 34.8 Å². The lowest BCUT2D eigenvalue weighted by atomic mass is 9.87. The van der Waals surface area contributed by atoms with E-state index in [0.717, 1.165) is 11.1 Å². The Morgan fingerprint density at radius 2 is 1.51 bits per heavy atom. The first-order chi connectivity index (χ1) is 17.7. The van der Waals surface area contributed by atoms with E-state index >= 15 is 0 Å². The van der Waals surface area contributed by atoms with Crippen molar-refractivity contribution in [1.82, 2.24) is 18.7 Å². The van der Waals surface area contributed by atoms with Crippen LogP contribution in [0.4, 0.5) is 0 Å². The lowest BCUT2D eigenvalue weighted by Crippen LogP contribution is -2.40. The van der Waals surface area contributed by atoms with Crippen molar-refractivity contribution in [3.8, 4) is 5.69 Å². The standard InChI is InChI=1S/C30H29ClN4O2/c1-30(2,3)23-11-9-22(10-12-23)19-33-20-32-27-26(33)28(36)34(18-17-21-7-5-4-6-8-21)29(37)35(27)25-15-13-24(31)14-16-25/h4-16,20H,17-19H2,1-3H3. The van der Waals surface area contributed by atoms with Gasteiger partial charge in [0.2, 0.25) is 0 Å². The summed E-state index contributed by atoms with van der Waals surface area (Å²) < 4.78 is 4.64. The highest BCUT2D eigenvalue weighted by Crippen LogP contribution is 2.23. The van der Waals surface area contributed by atoms with Crippen LogP contribution in [0.2, 0.25) is 5.02 Å². The van der Waals surface area contributed by atoms with E-state index in [1.54, 1.807) is 30.6 Å². The van der Waals surface area contributed by atoms with Gasteiger partial charge in [0.15, 0.2) is 11.2 Å². The molecule has 0 N–H and O–H groups in total. The van der Waals surface area contributed by atoms with Crippen LogP contribution >= 0.6 is 11.6 Å². The average Bonchev–Trinajstić information content (AvgIpc) is 3.29. The first-order valence-corrected chi connectivity index (χ1v) is 12.7. The molecule has 0 amide bonds. The quantitative estimate of drug-likeness (QED) is 0.298. The van der Waals surface area contributed by atoms with Crippen LogP contribution in [0, 0.1) is 0 Å². The minimum atomic E-state index is -0.421. The van der Waals surface area contributed by atoms with Crippen molar-refractivity contribution in [2.75, 3.05) is 0 Å².